The molecule has 2 fully saturated rings. The Labute approximate surface area is 132 Å². The van der Waals surface area contributed by atoms with Crippen molar-refractivity contribution < 1.29 is 18.9 Å². The fraction of sp³-hybridized carbons (Fsp3) is 0.615. The van der Waals surface area contributed by atoms with E-state index in [-0.39, 0.29) is 12.3 Å². The first-order chi connectivity index (χ1) is 11.0. The molecule has 1 aromatic heterocycles. The Bertz CT molecular complexity index is 622. The van der Waals surface area contributed by atoms with E-state index >= 15 is 0 Å². The number of nitrogens with zero attached hydrogens (tertiary/aromatic N) is 4. The Morgan fingerprint density at radius 3 is 2.61 bits per heavy atom. The van der Waals surface area contributed by atoms with Crippen LogP contribution in [-0.2, 0) is 16.1 Å². The molecule has 3 rings (SSSR count). The molecule has 4 amide bonds. The predicted molar refractivity (Wildman–Crippen MR) is 76.0 cm³/mol. The molecular formula is C13H18N6O4. The lowest BCUT2D eigenvalue weighted by Gasteiger charge is -2.34. The summed E-state index contributed by atoms with van der Waals surface area (Å²) in [5.74, 6) is 0.579. The van der Waals surface area contributed by atoms with Gasteiger partial charge in [-0.3, -0.25) is 19.8 Å². The number of nitrogens with one attached hydrogen (secondary N) is 2. The third-order valence-corrected chi connectivity index (χ3v) is 3.90. The molecule has 0 radical (unpaired) electrons. The second-order valence-corrected chi connectivity index (χ2v) is 5.61. The van der Waals surface area contributed by atoms with E-state index in [1.54, 1.807) is 11.8 Å². The average Bonchev–Trinajstić information content (AvgIpc) is 3.05. The van der Waals surface area contributed by atoms with E-state index < -0.39 is 18.0 Å². The molecule has 1 unspecified atom stereocenters. The molecule has 0 spiro atoms. The minimum Gasteiger partial charge on any atom is -0.340 e. The Morgan fingerprint density at radius 2 is 2.04 bits per heavy atom. The first kappa shape index (κ1) is 15.4. The Kier molecular flexibility index (Phi) is 4.24. The van der Waals surface area contributed by atoms with Crippen LogP contribution in [0.2, 0.25) is 0 Å². The van der Waals surface area contributed by atoms with Crippen LogP contribution >= 0.6 is 0 Å². The lowest BCUT2D eigenvalue weighted by Crippen LogP contribution is -2.49. The van der Waals surface area contributed by atoms with Gasteiger partial charge in [-0.25, -0.2) is 4.79 Å². The van der Waals surface area contributed by atoms with Gasteiger partial charge >= 0.3 is 6.03 Å². The fourth-order valence-electron chi connectivity index (χ4n) is 2.67. The lowest BCUT2D eigenvalue weighted by atomic mass is 10.1. The highest BCUT2D eigenvalue weighted by atomic mass is 16.5. The van der Waals surface area contributed by atoms with Crippen molar-refractivity contribution >= 4 is 17.8 Å². The summed E-state index contributed by atoms with van der Waals surface area (Å²) >= 11 is 0. The number of carbonyl (C=O) groups excluding carboxylic acids is 3. The summed E-state index contributed by atoms with van der Waals surface area (Å²) in [7, 11) is 0. The zero-order chi connectivity index (χ0) is 16.4. The van der Waals surface area contributed by atoms with Crippen molar-refractivity contribution in [1.29, 1.82) is 0 Å². The van der Waals surface area contributed by atoms with Gasteiger partial charge in [0.15, 0.2) is 5.82 Å². The van der Waals surface area contributed by atoms with Crippen molar-refractivity contribution in [3.8, 4) is 0 Å². The maximum absolute atomic E-state index is 12.2. The molecule has 2 N–H and O–H groups in total. The van der Waals surface area contributed by atoms with Crippen LogP contribution in [0.25, 0.3) is 0 Å². The van der Waals surface area contributed by atoms with E-state index in [0.717, 1.165) is 0 Å². The molecule has 2 aliphatic heterocycles. The van der Waals surface area contributed by atoms with Crippen molar-refractivity contribution in [3.05, 3.63) is 11.7 Å². The first-order valence-electron chi connectivity index (χ1n) is 7.42. The van der Waals surface area contributed by atoms with Crippen LogP contribution in [0.5, 0.6) is 0 Å². The highest BCUT2D eigenvalue weighted by Crippen LogP contribution is 2.09. The van der Waals surface area contributed by atoms with E-state index in [0.29, 0.717) is 44.4 Å². The summed E-state index contributed by atoms with van der Waals surface area (Å²) in [6, 6.07) is -1.32. The van der Waals surface area contributed by atoms with Gasteiger partial charge in [-0.15, -0.1) is 0 Å². The number of urea groups is 1. The summed E-state index contributed by atoms with van der Waals surface area (Å²) in [4.78, 5) is 42.7. The highest BCUT2D eigenvalue weighted by Gasteiger charge is 2.33. The fourth-order valence-corrected chi connectivity index (χ4v) is 2.67. The number of carbonyl (C=O) groups is 3. The standard InChI is InChI=1S/C13H18N6O4/c1-8-14-10(17-23-8)7-18-2-4-19(5-3-18)11(20)6-9-12(21)16-13(22)15-9/h9H,2-7H2,1H3,(H2,15,16,21,22). The Balaban J connectivity index is 1.46. The van der Waals surface area contributed by atoms with Gasteiger partial charge in [-0.1, -0.05) is 5.16 Å². The molecule has 1 atom stereocenters. The molecule has 10 heteroatoms. The highest BCUT2D eigenvalue weighted by molar-refractivity contribution is 6.05. The number of rotatable bonds is 4. The van der Waals surface area contributed by atoms with Crippen LogP contribution in [0.15, 0.2) is 4.52 Å². The van der Waals surface area contributed by atoms with Crippen molar-refractivity contribution in [2.75, 3.05) is 26.2 Å². The third-order valence-electron chi connectivity index (χ3n) is 3.90. The molecule has 2 saturated heterocycles. The van der Waals surface area contributed by atoms with Gasteiger partial charge in [-0.05, 0) is 0 Å². The summed E-state index contributed by atoms with van der Waals surface area (Å²) in [6.45, 7) is 4.85. The van der Waals surface area contributed by atoms with Crippen molar-refractivity contribution in [1.82, 2.24) is 30.6 Å². The van der Waals surface area contributed by atoms with Gasteiger partial charge < -0.3 is 14.7 Å². The molecule has 1 aromatic rings. The molecular weight excluding hydrogens is 304 g/mol. The third kappa shape index (κ3) is 3.65. The molecule has 0 saturated carbocycles. The molecule has 10 nitrogen and oxygen atoms in total. The second-order valence-electron chi connectivity index (χ2n) is 5.61. The van der Waals surface area contributed by atoms with Crippen molar-refractivity contribution in [3.63, 3.8) is 0 Å². The van der Waals surface area contributed by atoms with Gasteiger partial charge in [0, 0.05) is 33.1 Å². The van der Waals surface area contributed by atoms with Gasteiger partial charge in [0.1, 0.15) is 6.04 Å². The number of amides is 4. The van der Waals surface area contributed by atoms with Crippen LogP contribution < -0.4 is 10.6 Å². The monoisotopic (exact) mass is 322 g/mol. The number of hydrogen-bond acceptors (Lipinski definition) is 7. The SMILES string of the molecule is Cc1nc(CN2CCN(C(=O)CC3NC(=O)NC3=O)CC2)no1. The van der Waals surface area contributed by atoms with E-state index in [1.807, 2.05) is 0 Å². The van der Waals surface area contributed by atoms with Crippen LogP contribution in [0, 0.1) is 6.92 Å². The van der Waals surface area contributed by atoms with E-state index in [2.05, 4.69) is 25.7 Å². The molecule has 0 aromatic carbocycles. The maximum atomic E-state index is 12.2. The van der Waals surface area contributed by atoms with Gasteiger partial charge in [0.2, 0.25) is 11.8 Å². The number of aromatic nitrogens is 2. The zero-order valence-corrected chi connectivity index (χ0v) is 12.7. The van der Waals surface area contributed by atoms with Gasteiger partial charge in [0.05, 0.1) is 13.0 Å². The Morgan fingerprint density at radius 1 is 1.30 bits per heavy atom. The number of hydrogen-bond donors (Lipinski definition) is 2. The van der Waals surface area contributed by atoms with Crippen molar-refractivity contribution in [2.45, 2.75) is 25.9 Å². The minimum atomic E-state index is -0.768. The number of piperazine rings is 1. The maximum Gasteiger partial charge on any atom is 0.322 e. The molecule has 3 heterocycles. The summed E-state index contributed by atoms with van der Waals surface area (Å²) in [5.41, 5.74) is 0. The molecule has 0 bridgehead atoms. The van der Waals surface area contributed by atoms with Gasteiger partial charge in [0.25, 0.3) is 5.91 Å². The molecule has 124 valence electrons. The van der Waals surface area contributed by atoms with Crippen LogP contribution in [-0.4, -0.2) is 70.0 Å². The van der Waals surface area contributed by atoms with Crippen LogP contribution in [0.1, 0.15) is 18.1 Å². The quantitative estimate of drug-likeness (QED) is 0.655. The number of imide groups is 1. The van der Waals surface area contributed by atoms with Crippen molar-refractivity contribution in [2.24, 2.45) is 0 Å². The number of aryl methyl sites for hydroxylation is 1. The lowest BCUT2D eigenvalue weighted by molar-refractivity contribution is -0.135. The molecule has 2 aliphatic rings. The normalized spacial score (nSPS) is 22.1. The smallest absolute Gasteiger partial charge is 0.322 e. The summed E-state index contributed by atoms with van der Waals surface area (Å²) in [5, 5.41) is 8.41. The molecule has 23 heavy (non-hydrogen) atoms. The van der Waals surface area contributed by atoms with E-state index in [4.69, 9.17) is 4.52 Å². The first-order valence-corrected chi connectivity index (χ1v) is 7.42. The predicted octanol–water partition coefficient (Wildman–Crippen LogP) is -1.38. The topological polar surface area (TPSA) is 121 Å². The summed E-state index contributed by atoms with van der Waals surface area (Å²) < 4.78 is 4.93. The largest absolute Gasteiger partial charge is 0.340 e. The van der Waals surface area contributed by atoms with E-state index in [1.165, 1.54) is 0 Å². The molecule has 0 aliphatic carbocycles. The van der Waals surface area contributed by atoms with Gasteiger partial charge in [-0.2, -0.15) is 4.98 Å². The van der Waals surface area contributed by atoms with Crippen LogP contribution in [0.4, 0.5) is 4.79 Å². The summed E-state index contributed by atoms with van der Waals surface area (Å²) in [6.07, 6.45) is -0.0123. The van der Waals surface area contributed by atoms with Crippen LogP contribution in [0.3, 0.4) is 0 Å². The minimum absolute atomic E-state index is 0.0123. The van der Waals surface area contributed by atoms with E-state index in [9.17, 15) is 14.4 Å². The zero-order valence-electron chi connectivity index (χ0n) is 12.7. The Hall–Kier alpha value is -2.49. The second kappa shape index (κ2) is 6.32. The average molecular weight is 322 g/mol.